The Labute approximate surface area is 153 Å². The molecule has 0 atom stereocenters. The zero-order valence-electron chi connectivity index (χ0n) is 14.0. The van der Waals surface area contributed by atoms with Gasteiger partial charge in [-0.3, -0.25) is 14.4 Å². The summed E-state index contributed by atoms with van der Waals surface area (Å²) >= 11 is 1.22. The number of amides is 3. The number of benzene rings is 2. The number of nitrogens with zero attached hydrogens (tertiary/aromatic N) is 2. The maximum Gasteiger partial charge on any atom is 0.268 e. The first-order chi connectivity index (χ1) is 12.6. The third-order valence-electron chi connectivity index (χ3n) is 4.16. The van der Waals surface area contributed by atoms with Gasteiger partial charge in [0, 0.05) is 12.1 Å². The summed E-state index contributed by atoms with van der Waals surface area (Å²) in [5.74, 6) is -0.888. The van der Waals surface area contributed by atoms with Crippen LogP contribution in [0.5, 0.6) is 0 Å². The van der Waals surface area contributed by atoms with Crippen LogP contribution < -0.4 is 10.2 Å². The Morgan fingerprint density at radius 1 is 1.12 bits per heavy atom. The minimum atomic E-state index is -0.370. The second kappa shape index (κ2) is 6.34. The highest BCUT2D eigenvalue weighted by atomic mass is 32.1. The topological polar surface area (TPSA) is 79.4 Å². The molecule has 0 radical (unpaired) electrons. The molecule has 0 spiro atoms. The number of hydrogen-bond donors (Lipinski definition) is 1. The number of nitrogens with one attached hydrogen (secondary N) is 1. The van der Waals surface area contributed by atoms with E-state index in [2.05, 4.69) is 10.3 Å². The fourth-order valence-electron chi connectivity index (χ4n) is 2.85. The fourth-order valence-corrected chi connectivity index (χ4v) is 3.85. The van der Waals surface area contributed by atoms with E-state index < -0.39 is 0 Å². The Balaban J connectivity index is 1.69. The second-order valence-electron chi connectivity index (χ2n) is 5.93. The van der Waals surface area contributed by atoms with Gasteiger partial charge in [0.25, 0.3) is 17.7 Å². The van der Waals surface area contributed by atoms with Crippen LogP contribution in [0.1, 0.15) is 44.4 Å². The third-order valence-corrected chi connectivity index (χ3v) is 5.16. The van der Waals surface area contributed by atoms with Gasteiger partial charge in [0.2, 0.25) is 5.13 Å². The molecule has 26 heavy (non-hydrogen) atoms. The van der Waals surface area contributed by atoms with Gasteiger partial charge in [-0.05, 0) is 36.8 Å². The molecule has 1 aromatic heterocycles. The number of anilines is 1. The molecule has 0 aliphatic carbocycles. The summed E-state index contributed by atoms with van der Waals surface area (Å²) in [4.78, 5) is 42.8. The number of thiazole rings is 1. The lowest BCUT2D eigenvalue weighted by Crippen LogP contribution is -2.29. The number of carbonyl (C=O) groups is 3. The molecule has 3 amide bonds. The van der Waals surface area contributed by atoms with Crippen molar-refractivity contribution >= 4 is 44.4 Å². The number of aromatic nitrogens is 1. The lowest BCUT2D eigenvalue weighted by molar-refractivity contribution is 0.0922. The van der Waals surface area contributed by atoms with Crippen molar-refractivity contribution in [1.82, 2.24) is 10.3 Å². The minimum Gasteiger partial charge on any atom is -0.352 e. The molecule has 7 heteroatoms. The van der Waals surface area contributed by atoms with Crippen molar-refractivity contribution < 1.29 is 14.4 Å². The van der Waals surface area contributed by atoms with Gasteiger partial charge in [-0.2, -0.15) is 0 Å². The highest BCUT2D eigenvalue weighted by Crippen LogP contribution is 2.34. The highest BCUT2D eigenvalue weighted by molar-refractivity contribution is 7.22. The first-order valence-electron chi connectivity index (χ1n) is 8.26. The molecule has 1 N–H and O–H groups in total. The maximum absolute atomic E-state index is 12.6. The van der Waals surface area contributed by atoms with Crippen molar-refractivity contribution in [1.29, 1.82) is 0 Å². The molecule has 130 valence electrons. The highest BCUT2D eigenvalue weighted by Gasteiger charge is 2.38. The van der Waals surface area contributed by atoms with Crippen molar-refractivity contribution in [3.05, 3.63) is 59.2 Å². The number of hydrogen-bond acceptors (Lipinski definition) is 5. The van der Waals surface area contributed by atoms with Crippen LogP contribution in [0, 0.1) is 0 Å². The standard InChI is InChI=1S/C19H15N3O3S/c1-2-9-20-16(23)11-7-8-14-15(10-11)26-19(21-14)22-17(24)12-5-3-4-6-13(12)18(22)25/h3-8,10H,2,9H2,1H3,(H,20,23). The quantitative estimate of drug-likeness (QED) is 0.720. The summed E-state index contributed by atoms with van der Waals surface area (Å²) < 4.78 is 0.751. The van der Waals surface area contributed by atoms with Gasteiger partial charge >= 0.3 is 0 Å². The van der Waals surface area contributed by atoms with Crippen LogP contribution in [0.25, 0.3) is 10.2 Å². The molecule has 0 bridgehead atoms. The van der Waals surface area contributed by atoms with E-state index in [0.717, 1.165) is 16.0 Å². The zero-order chi connectivity index (χ0) is 18.3. The van der Waals surface area contributed by atoms with E-state index in [1.54, 1.807) is 42.5 Å². The second-order valence-corrected chi connectivity index (χ2v) is 6.94. The Morgan fingerprint density at radius 3 is 2.46 bits per heavy atom. The first kappa shape index (κ1) is 16.4. The molecule has 3 aromatic rings. The Morgan fingerprint density at radius 2 is 1.81 bits per heavy atom. The van der Waals surface area contributed by atoms with Crippen LogP contribution in [-0.4, -0.2) is 29.3 Å². The summed E-state index contributed by atoms with van der Waals surface area (Å²) in [5.41, 5.74) is 1.95. The molecule has 0 saturated carbocycles. The van der Waals surface area contributed by atoms with Crippen molar-refractivity contribution in [3.63, 3.8) is 0 Å². The molecule has 0 saturated heterocycles. The smallest absolute Gasteiger partial charge is 0.268 e. The Hall–Kier alpha value is -3.06. The predicted octanol–water partition coefficient (Wildman–Crippen LogP) is 3.24. The van der Waals surface area contributed by atoms with Gasteiger partial charge in [0.15, 0.2) is 0 Å². The minimum absolute atomic E-state index is 0.149. The van der Waals surface area contributed by atoms with Gasteiger partial charge in [-0.15, -0.1) is 0 Å². The summed E-state index contributed by atoms with van der Waals surface area (Å²) in [6.45, 7) is 2.60. The van der Waals surface area contributed by atoms with E-state index >= 15 is 0 Å². The summed E-state index contributed by atoms with van der Waals surface area (Å²) in [6, 6.07) is 11.9. The number of imide groups is 1. The Bertz CT molecular complexity index is 1020. The number of fused-ring (bicyclic) bond motifs is 2. The summed E-state index contributed by atoms with van der Waals surface area (Å²) in [7, 11) is 0. The van der Waals surface area contributed by atoms with Gasteiger partial charge in [-0.25, -0.2) is 9.88 Å². The predicted molar refractivity (Wildman–Crippen MR) is 99.8 cm³/mol. The SMILES string of the molecule is CCCNC(=O)c1ccc2nc(N3C(=O)c4ccccc4C3=O)sc2c1. The normalized spacial score (nSPS) is 13.3. The number of carbonyl (C=O) groups excluding carboxylic acids is 3. The van der Waals surface area contributed by atoms with Crippen LogP contribution >= 0.6 is 11.3 Å². The largest absolute Gasteiger partial charge is 0.352 e. The van der Waals surface area contributed by atoms with E-state index in [-0.39, 0.29) is 17.7 Å². The van der Waals surface area contributed by atoms with Gasteiger partial charge in [0.05, 0.1) is 21.3 Å². The molecule has 2 heterocycles. The van der Waals surface area contributed by atoms with Crippen molar-refractivity contribution in [3.8, 4) is 0 Å². The third kappa shape index (κ3) is 2.57. The lowest BCUT2D eigenvalue weighted by Gasteiger charge is -2.08. The van der Waals surface area contributed by atoms with Crippen LogP contribution in [0.15, 0.2) is 42.5 Å². The van der Waals surface area contributed by atoms with E-state index in [1.807, 2.05) is 6.92 Å². The first-order valence-corrected chi connectivity index (χ1v) is 9.08. The van der Waals surface area contributed by atoms with E-state index in [4.69, 9.17) is 0 Å². The van der Waals surface area contributed by atoms with Crippen molar-refractivity contribution in [2.75, 3.05) is 11.4 Å². The molecule has 0 fully saturated rings. The Kier molecular flexibility index (Phi) is 4.00. The van der Waals surface area contributed by atoms with Gasteiger partial charge in [-0.1, -0.05) is 30.4 Å². The molecule has 4 rings (SSSR count). The van der Waals surface area contributed by atoms with Gasteiger partial charge < -0.3 is 5.32 Å². The van der Waals surface area contributed by atoms with Crippen LogP contribution in [-0.2, 0) is 0 Å². The van der Waals surface area contributed by atoms with Crippen LogP contribution in [0.4, 0.5) is 5.13 Å². The van der Waals surface area contributed by atoms with Crippen molar-refractivity contribution in [2.45, 2.75) is 13.3 Å². The van der Waals surface area contributed by atoms with Crippen LogP contribution in [0.2, 0.25) is 0 Å². The monoisotopic (exact) mass is 365 g/mol. The molecule has 2 aromatic carbocycles. The molecular weight excluding hydrogens is 350 g/mol. The van der Waals surface area contributed by atoms with E-state index in [1.165, 1.54) is 11.3 Å². The molecule has 1 aliphatic rings. The molecule has 6 nitrogen and oxygen atoms in total. The zero-order valence-corrected chi connectivity index (χ0v) is 14.8. The summed E-state index contributed by atoms with van der Waals surface area (Å²) in [5, 5.41) is 3.14. The molecule has 1 aliphatic heterocycles. The van der Waals surface area contributed by atoms with Gasteiger partial charge in [0.1, 0.15) is 0 Å². The van der Waals surface area contributed by atoms with Crippen LogP contribution in [0.3, 0.4) is 0 Å². The average molecular weight is 365 g/mol. The average Bonchev–Trinajstić information content (AvgIpc) is 3.18. The lowest BCUT2D eigenvalue weighted by atomic mass is 10.1. The van der Waals surface area contributed by atoms with E-state index in [0.29, 0.717) is 33.9 Å². The fraction of sp³-hybridized carbons (Fsp3) is 0.158. The maximum atomic E-state index is 12.6. The number of rotatable bonds is 4. The molecule has 0 unspecified atom stereocenters. The molecular formula is C19H15N3O3S. The van der Waals surface area contributed by atoms with Crippen molar-refractivity contribution in [2.24, 2.45) is 0 Å². The van der Waals surface area contributed by atoms with E-state index in [9.17, 15) is 14.4 Å². The summed E-state index contributed by atoms with van der Waals surface area (Å²) in [6.07, 6.45) is 0.860.